The molecule has 1 heterocycles. The molecule has 0 atom stereocenters. The summed E-state index contributed by atoms with van der Waals surface area (Å²) >= 11 is 0. The van der Waals surface area contributed by atoms with Crippen LogP contribution in [-0.2, 0) is 25.8 Å². The Morgan fingerprint density at radius 3 is 2.07 bits per heavy atom. The number of esters is 1. The van der Waals surface area contributed by atoms with Crippen molar-refractivity contribution in [1.29, 1.82) is 0 Å². The third-order valence-corrected chi connectivity index (χ3v) is 3.91. The zero-order valence-electron chi connectivity index (χ0n) is 14.7. The van der Waals surface area contributed by atoms with Crippen molar-refractivity contribution < 1.29 is 28.8 Å². The van der Waals surface area contributed by atoms with Crippen LogP contribution < -0.4 is 0 Å². The minimum absolute atomic E-state index is 0.000721. The number of carbonyl (C=O) groups excluding carboxylic acids is 3. The number of ether oxygens (including phenoxy) is 1. The Labute approximate surface area is 154 Å². The van der Waals surface area contributed by atoms with Gasteiger partial charge in [-0.25, -0.2) is 4.79 Å². The van der Waals surface area contributed by atoms with Gasteiger partial charge in [0.25, 0.3) is 11.8 Å². The molecule has 0 N–H and O–H groups in total. The molecule has 0 saturated heterocycles. The Hall–Kier alpha value is -3.52. The number of imide groups is 1. The minimum atomic E-state index is -0.633. The van der Waals surface area contributed by atoms with Crippen LogP contribution in [0.1, 0.15) is 31.8 Å². The van der Waals surface area contributed by atoms with Gasteiger partial charge in [-0.3, -0.25) is 14.4 Å². The summed E-state index contributed by atoms with van der Waals surface area (Å²) in [5.41, 5.74) is 1.84. The zero-order valence-corrected chi connectivity index (χ0v) is 14.7. The van der Waals surface area contributed by atoms with Crippen molar-refractivity contribution in [2.75, 3.05) is 14.2 Å². The maximum Gasteiger partial charge on any atom is 0.360 e. The molecule has 2 aromatic rings. The summed E-state index contributed by atoms with van der Waals surface area (Å²) in [6, 6.07) is 13.2. The second kappa shape index (κ2) is 7.79. The van der Waals surface area contributed by atoms with E-state index < -0.39 is 17.8 Å². The molecule has 1 aliphatic rings. The van der Waals surface area contributed by atoms with Gasteiger partial charge >= 0.3 is 5.97 Å². The molecule has 0 aromatic heterocycles. The van der Waals surface area contributed by atoms with Crippen LogP contribution in [0.2, 0.25) is 0 Å². The highest BCUT2D eigenvalue weighted by Gasteiger charge is 2.36. The number of amides is 2. The fraction of sp³-hybridized carbons (Fsp3) is 0.158. The summed E-state index contributed by atoms with van der Waals surface area (Å²) in [7, 11) is 2.57. The highest BCUT2D eigenvalue weighted by molar-refractivity contribution is 6.43. The Kier molecular flexibility index (Phi) is 5.28. The van der Waals surface area contributed by atoms with E-state index in [2.05, 4.69) is 14.7 Å². The molecule has 8 heteroatoms. The molecule has 0 unspecified atom stereocenters. The van der Waals surface area contributed by atoms with Crippen molar-refractivity contribution in [2.24, 2.45) is 5.16 Å². The molecular formula is C19H16N2O6. The number of methoxy groups -OCH3 is 1. The summed E-state index contributed by atoms with van der Waals surface area (Å²) in [6.07, 6.45) is 0. The molecule has 2 aromatic carbocycles. The van der Waals surface area contributed by atoms with Crippen LogP contribution in [0, 0.1) is 0 Å². The summed E-state index contributed by atoms with van der Waals surface area (Å²) in [5.74, 6) is -1.62. The molecule has 0 saturated carbocycles. The van der Waals surface area contributed by atoms with E-state index in [1.54, 1.807) is 48.5 Å². The van der Waals surface area contributed by atoms with Gasteiger partial charge in [0.05, 0.1) is 18.2 Å². The first-order valence-corrected chi connectivity index (χ1v) is 7.96. The normalized spacial score (nSPS) is 13.6. The molecular weight excluding hydrogens is 352 g/mol. The van der Waals surface area contributed by atoms with Crippen molar-refractivity contribution in [3.63, 3.8) is 0 Å². The molecule has 3 rings (SSSR count). The van der Waals surface area contributed by atoms with Crippen LogP contribution in [0.4, 0.5) is 0 Å². The van der Waals surface area contributed by atoms with E-state index in [0.717, 1.165) is 5.06 Å². The lowest BCUT2D eigenvalue weighted by molar-refractivity contribution is -0.132. The molecule has 8 nitrogen and oxygen atoms in total. The first-order chi connectivity index (χ1) is 13.1. The molecule has 1 aliphatic heterocycles. The largest absolute Gasteiger partial charge is 0.464 e. The van der Waals surface area contributed by atoms with Gasteiger partial charge in [-0.05, 0) is 17.7 Å². The van der Waals surface area contributed by atoms with E-state index in [-0.39, 0.29) is 12.3 Å². The van der Waals surface area contributed by atoms with Crippen LogP contribution in [-0.4, -0.2) is 42.8 Å². The van der Waals surface area contributed by atoms with Crippen LogP contribution in [0.5, 0.6) is 0 Å². The van der Waals surface area contributed by atoms with Crippen molar-refractivity contribution in [2.45, 2.75) is 6.61 Å². The van der Waals surface area contributed by atoms with Crippen LogP contribution in [0.3, 0.4) is 0 Å². The van der Waals surface area contributed by atoms with Crippen LogP contribution in [0.15, 0.2) is 53.7 Å². The van der Waals surface area contributed by atoms with E-state index in [1.165, 1.54) is 14.2 Å². The fourth-order valence-corrected chi connectivity index (χ4v) is 2.58. The van der Waals surface area contributed by atoms with Crippen LogP contribution in [0.25, 0.3) is 0 Å². The number of carbonyl (C=O) groups is 3. The average Bonchev–Trinajstić information content (AvgIpc) is 2.95. The summed E-state index contributed by atoms with van der Waals surface area (Å²) in [6.45, 7) is 0.000721. The van der Waals surface area contributed by atoms with Crippen LogP contribution >= 0.6 is 0 Å². The summed E-state index contributed by atoms with van der Waals surface area (Å²) in [5, 5.41) is 4.41. The van der Waals surface area contributed by atoms with Gasteiger partial charge in [0.2, 0.25) is 0 Å². The monoisotopic (exact) mass is 368 g/mol. The fourth-order valence-electron chi connectivity index (χ4n) is 2.58. The van der Waals surface area contributed by atoms with Gasteiger partial charge in [0.1, 0.15) is 13.7 Å². The number of hydrogen-bond donors (Lipinski definition) is 0. The lowest BCUT2D eigenvalue weighted by atomic mass is 10.1. The molecule has 0 aliphatic carbocycles. The zero-order chi connectivity index (χ0) is 19.4. The quantitative estimate of drug-likeness (QED) is 0.335. The SMILES string of the molecule is CO/N=C(\C(=O)OC)c1ccc(CON2C(=O)c3ccccc3C2=O)cc1. The maximum atomic E-state index is 12.3. The first-order valence-electron chi connectivity index (χ1n) is 7.96. The number of rotatable bonds is 6. The number of fused-ring (bicyclic) bond motifs is 1. The van der Waals surface area contributed by atoms with Gasteiger partial charge < -0.3 is 9.57 Å². The van der Waals surface area contributed by atoms with E-state index in [9.17, 15) is 14.4 Å². The first kappa shape index (κ1) is 18.3. The molecule has 2 amide bonds. The lowest BCUT2D eigenvalue weighted by Crippen LogP contribution is -2.29. The molecule has 0 bridgehead atoms. The maximum absolute atomic E-state index is 12.3. The smallest absolute Gasteiger partial charge is 0.360 e. The van der Waals surface area contributed by atoms with Crippen molar-refractivity contribution >= 4 is 23.5 Å². The van der Waals surface area contributed by atoms with E-state index in [0.29, 0.717) is 22.3 Å². The number of benzene rings is 2. The number of nitrogens with zero attached hydrogens (tertiary/aromatic N) is 2. The molecule has 138 valence electrons. The second-order valence-electron chi connectivity index (χ2n) is 5.53. The molecule has 0 radical (unpaired) electrons. The Balaban J connectivity index is 1.70. The Morgan fingerprint density at radius 1 is 0.963 bits per heavy atom. The lowest BCUT2D eigenvalue weighted by Gasteiger charge is -2.13. The van der Waals surface area contributed by atoms with Gasteiger partial charge in [-0.1, -0.05) is 41.6 Å². The topological polar surface area (TPSA) is 94.5 Å². The third kappa shape index (κ3) is 3.56. The summed E-state index contributed by atoms with van der Waals surface area (Å²) < 4.78 is 4.66. The van der Waals surface area contributed by atoms with Gasteiger partial charge in [0.15, 0.2) is 5.71 Å². The Morgan fingerprint density at radius 2 is 1.56 bits per heavy atom. The summed E-state index contributed by atoms with van der Waals surface area (Å²) in [4.78, 5) is 46.3. The Bertz CT molecular complexity index is 885. The van der Waals surface area contributed by atoms with Crippen molar-refractivity contribution in [3.8, 4) is 0 Å². The molecule has 0 spiro atoms. The average molecular weight is 368 g/mol. The number of oxime groups is 1. The van der Waals surface area contributed by atoms with Crippen molar-refractivity contribution in [1.82, 2.24) is 5.06 Å². The molecule has 0 fully saturated rings. The van der Waals surface area contributed by atoms with E-state index >= 15 is 0 Å². The standard InChI is InChI=1S/C19H16N2O6/c1-25-19(24)16(20-26-2)13-9-7-12(8-10-13)11-27-21-17(22)14-5-3-4-6-15(14)18(21)23/h3-10H,11H2,1-2H3/b20-16-. The third-order valence-electron chi connectivity index (χ3n) is 3.91. The van der Waals surface area contributed by atoms with Crippen molar-refractivity contribution in [3.05, 3.63) is 70.8 Å². The predicted molar refractivity (Wildman–Crippen MR) is 93.7 cm³/mol. The van der Waals surface area contributed by atoms with E-state index in [1.807, 2.05) is 0 Å². The van der Waals surface area contributed by atoms with Gasteiger partial charge in [-0.15, -0.1) is 5.06 Å². The predicted octanol–water partition coefficient (Wildman–Crippen LogP) is 1.94. The van der Waals surface area contributed by atoms with Gasteiger partial charge in [-0.2, -0.15) is 0 Å². The molecule has 27 heavy (non-hydrogen) atoms. The van der Waals surface area contributed by atoms with E-state index in [4.69, 9.17) is 4.84 Å². The number of hydrogen-bond acceptors (Lipinski definition) is 7. The minimum Gasteiger partial charge on any atom is -0.464 e. The highest BCUT2D eigenvalue weighted by atomic mass is 16.7. The van der Waals surface area contributed by atoms with Gasteiger partial charge in [0, 0.05) is 5.56 Å². The second-order valence-corrected chi connectivity index (χ2v) is 5.53. The number of hydroxylamine groups is 2. The highest BCUT2D eigenvalue weighted by Crippen LogP contribution is 2.23.